The van der Waals surface area contributed by atoms with Crippen molar-refractivity contribution in [2.75, 3.05) is 0 Å². The second kappa shape index (κ2) is 6.36. The number of halogens is 4. The lowest BCUT2D eigenvalue weighted by atomic mass is 10.0. The largest absolute Gasteiger partial charge is 0.142 e. The minimum Gasteiger partial charge on any atom is -0.142 e. The first-order valence-electron chi connectivity index (χ1n) is 5.82. The van der Waals surface area contributed by atoms with Crippen molar-refractivity contribution in [1.29, 1.82) is 0 Å². The summed E-state index contributed by atoms with van der Waals surface area (Å²) in [5.41, 5.74) is 2.57. The van der Waals surface area contributed by atoms with Crippen LogP contribution in [0.25, 0.3) is 10.1 Å². The molecule has 0 spiro atoms. The van der Waals surface area contributed by atoms with Gasteiger partial charge in [0.25, 0.3) is 0 Å². The summed E-state index contributed by atoms with van der Waals surface area (Å²) >= 11 is 15.3. The predicted octanol–water partition coefficient (Wildman–Crippen LogP) is 7.52. The number of hydrogen-bond acceptors (Lipinski definition) is 1. The zero-order chi connectivity index (χ0) is 14.3. The second-order valence-corrected chi connectivity index (χ2v) is 9.09. The van der Waals surface area contributed by atoms with E-state index >= 15 is 0 Å². The van der Waals surface area contributed by atoms with Gasteiger partial charge in [0.15, 0.2) is 0 Å². The van der Waals surface area contributed by atoms with Gasteiger partial charge in [0, 0.05) is 17.2 Å². The normalized spacial score (nSPS) is 12.8. The molecule has 1 aromatic heterocycles. The van der Waals surface area contributed by atoms with Gasteiger partial charge in [-0.3, -0.25) is 0 Å². The highest BCUT2D eigenvalue weighted by atomic mass is 127. The molecule has 0 nitrogen and oxygen atoms in total. The highest BCUT2D eigenvalue weighted by Crippen LogP contribution is 2.43. The molecule has 0 aliphatic rings. The second-order valence-electron chi connectivity index (χ2n) is 4.34. The van der Waals surface area contributed by atoms with Crippen molar-refractivity contribution in [2.24, 2.45) is 0 Å². The molecular formula is C15H8Br3IS. The fourth-order valence-electron chi connectivity index (χ4n) is 2.11. The van der Waals surface area contributed by atoms with E-state index < -0.39 is 0 Å². The maximum atomic E-state index is 3.86. The highest BCUT2D eigenvalue weighted by molar-refractivity contribution is 14.1. The van der Waals surface area contributed by atoms with E-state index in [0.29, 0.717) is 0 Å². The standard InChI is InChI=1S/C15H8Br3IS/c16-12-5-4-8(19)6-10(12)14(18)11-7-20-15-9(11)2-1-3-13(15)17/h1-7,14H. The molecule has 102 valence electrons. The van der Waals surface area contributed by atoms with Crippen LogP contribution in [0.4, 0.5) is 0 Å². The van der Waals surface area contributed by atoms with Crippen molar-refractivity contribution in [3.05, 3.63) is 65.4 Å². The van der Waals surface area contributed by atoms with Gasteiger partial charge in [-0.15, -0.1) is 11.3 Å². The summed E-state index contributed by atoms with van der Waals surface area (Å²) in [6.45, 7) is 0. The van der Waals surface area contributed by atoms with E-state index in [4.69, 9.17) is 0 Å². The van der Waals surface area contributed by atoms with Gasteiger partial charge >= 0.3 is 0 Å². The van der Waals surface area contributed by atoms with Crippen molar-refractivity contribution in [3.8, 4) is 0 Å². The zero-order valence-electron chi connectivity index (χ0n) is 10.0. The Labute approximate surface area is 160 Å². The molecule has 0 saturated heterocycles. The van der Waals surface area contributed by atoms with Crippen LogP contribution in [-0.2, 0) is 0 Å². The van der Waals surface area contributed by atoms with E-state index in [-0.39, 0.29) is 4.83 Å². The molecule has 0 aliphatic heterocycles. The average Bonchev–Trinajstić information content (AvgIpc) is 2.86. The maximum Gasteiger partial charge on any atom is 0.0670 e. The van der Waals surface area contributed by atoms with Gasteiger partial charge in [-0.25, -0.2) is 0 Å². The van der Waals surface area contributed by atoms with Gasteiger partial charge in [-0.2, -0.15) is 0 Å². The van der Waals surface area contributed by atoms with Crippen molar-refractivity contribution >= 4 is 91.8 Å². The van der Waals surface area contributed by atoms with Crippen LogP contribution < -0.4 is 0 Å². The van der Waals surface area contributed by atoms with Crippen LogP contribution in [0.2, 0.25) is 0 Å². The molecule has 0 radical (unpaired) electrons. The number of benzene rings is 2. The highest BCUT2D eigenvalue weighted by Gasteiger charge is 2.18. The SMILES string of the molecule is Brc1ccc(I)cc1C(Br)c1csc2c(Br)cccc12. The van der Waals surface area contributed by atoms with E-state index in [0.717, 1.165) is 8.95 Å². The Morgan fingerprint density at radius 1 is 1.00 bits per heavy atom. The molecule has 3 rings (SSSR count). The molecule has 0 aliphatic carbocycles. The fourth-order valence-corrected chi connectivity index (χ4v) is 5.99. The quantitative estimate of drug-likeness (QED) is 0.215. The first kappa shape index (κ1) is 15.5. The van der Waals surface area contributed by atoms with E-state index in [1.807, 2.05) is 0 Å². The predicted molar refractivity (Wildman–Crippen MR) is 107 cm³/mol. The Hall–Kier alpha value is 0.570. The number of alkyl halides is 1. The molecule has 1 heterocycles. The molecule has 0 fully saturated rings. The van der Waals surface area contributed by atoms with Crippen LogP contribution in [0.5, 0.6) is 0 Å². The molecule has 0 N–H and O–H groups in total. The molecule has 2 aromatic carbocycles. The van der Waals surface area contributed by atoms with Crippen LogP contribution in [0.15, 0.2) is 50.7 Å². The first-order valence-corrected chi connectivity index (χ1v) is 10.3. The molecule has 0 saturated carbocycles. The van der Waals surface area contributed by atoms with Gasteiger partial charge in [-0.1, -0.05) is 44.0 Å². The van der Waals surface area contributed by atoms with E-state index in [1.165, 1.54) is 24.8 Å². The summed E-state index contributed by atoms with van der Waals surface area (Å²) in [6.07, 6.45) is 0. The number of fused-ring (bicyclic) bond motifs is 1. The lowest BCUT2D eigenvalue weighted by Crippen LogP contribution is -1.94. The Morgan fingerprint density at radius 3 is 2.60 bits per heavy atom. The van der Waals surface area contributed by atoms with Crippen molar-refractivity contribution in [2.45, 2.75) is 4.83 Å². The number of thiophene rings is 1. The fraction of sp³-hybridized carbons (Fsp3) is 0.0667. The van der Waals surface area contributed by atoms with Crippen LogP contribution in [0, 0.1) is 3.57 Å². The summed E-state index contributed by atoms with van der Waals surface area (Å²) < 4.78 is 4.83. The lowest BCUT2D eigenvalue weighted by Gasteiger charge is -2.12. The Balaban J connectivity index is 2.15. The monoisotopic (exact) mass is 584 g/mol. The summed E-state index contributed by atoms with van der Waals surface area (Å²) in [7, 11) is 0. The maximum absolute atomic E-state index is 3.86. The molecule has 0 bridgehead atoms. The van der Waals surface area contributed by atoms with Gasteiger partial charge < -0.3 is 0 Å². The molecule has 0 amide bonds. The van der Waals surface area contributed by atoms with Crippen LogP contribution in [0.1, 0.15) is 16.0 Å². The third-order valence-electron chi connectivity index (χ3n) is 3.09. The summed E-state index contributed by atoms with van der Waals surface area (Å²) in [4.78, 5) is 0.189. The minimum absolute atomic E-state index is 0.189. The molecule has 20 heavy (non-hydrogen) atoms. The van der Waals surface area contributed by atoms with Gasteiger partial charge in [0.1, 0.15) is 0 Å². The molecular weight excluding hydrogens is 579 g/mol. The zero-order valence-corrected chi connectivity index (χ0v) is 17.8. The number of rotatable bonds is 2. The first-order chi connectivity index (χ1) is 9.58. The van der Waals surface area contributed by atoms with Crippen LogP contribution in [-0.4, -0.2) is 0 Å². The Bertz CT molecular complexity index is 782. The smallest absolute Gasteiger partial charge is 0.0670 e. The van der Waals surface area contributed by atoms with Crippen molar-refractivity contribution < 1.29 is 0 Å². The van der Waals surface area contributed by atoms with Gasteiger partial charge in [0.2, 0.25) is 0 Å². The molecule has 5 heteroatoms. The van der Waals surface area contributed by atoms with E-state index in [2.05, 4.69) is 112 Å². The summed E-state index contributed by atoms with van der Waals surface area (Å²) in [6, 6.07) is 12.8. The summed E-state index contributed by atoms with van der Waals surface area (Å²) in [5, 5.41) is 3.54. The minimum atomic E-state index is 0.189. The van der Waals surface area contributed by atoms with E-state index in [1.54, 1.807) is 11.3 Å². The molecule has 1 atom stereocenters. The molecule has 3 aromatic rings. The Kier molecular flexibility index (Phi) is 4.92. The van der Waals surface area contributed by atoms with Crippen molar-refractivity contribution in [3.63, 3.8) is 0 Å². The summed E-state index contributed by atoms with van der Waals surface area (Å²) in [5.74, 6) is 0. The van der Waals surface area contributed by atoms with Gasteiger partial charge in [0.05, 0.1) is 4.83 Å². The van der Waals surface area contributed by atoms with E-state index in [9.17, 15) is 0 Å². The Morgan fingerprint density at radius 2 is 1.80 bits per heavy atom. The van der Waals surface area contributed by atoms with Gasteiger partial charge in [-0.05, 0) is 84.7 Å². The number of hydrogen-bond donors (Lipinski definition) is 0. The average molecular weight is 587 g/mol. The lowest BCUT2D eigenvalue weighted by molar-refractivity contribution is 1.19. The van der Waals surface area contributed by atoms with Crippen molar-refractivity contribution in [1.82, 2.24) is 0 Å². The van der Waals surface area contributed by atoms with Crippen LogP contribution >= 0.6 is 81.7 Å². The van der Waals surface area contributed by atoms with Crippen LogP contribution in [0.3, 0.4) is 0 Å². The molecule has 1 unspecified atom stereocenters. The third-order valence-corrected chi connectivity index (χ3v) is 7.44. The topological polar surface area (TPSA) is 0 Å². The third kappa shape index (κ3) is 2.89.